The van der Waals surface area contributed by atoms with Crippen LogP contribution in [0.2, 0.25) is 0 Å². The number of H-pyrrole nitrogens is 1. The Balaban J connectivity index is 2.25. The minimum atomic E-state index is -3.81. The van der Waals surface area contributed by atoms with Crippen molar-refractivity contribution in [1.29, 1.82) is 0 Å². The number of hydrogen-bond donors (Lipinski definition) is 2. The normalized spacial score (nSPS) is 12.2. The van der Waals surface area contributed by atoms with E-state index in [9.17, 15) is 13.2 Å². The minimum absolute atomic E-state index is 0.0358. The molecule has 2 aromatic heterocycles. The Labute approximate surface area is 127 Å². The van der Waals surface area contributed by atoms with Gasteiger partial charge in [-0.1, -0.05) is 0 Å². The molecule has 0 saturated heterocycles. The number of nitrogens with zero attached hydrogens (tertiary/aromatic N) is 4. The Kier molecular flexibility index (Phi) is 4.33. The van der Waals surface area contributed by atoms with Crippen LogP contribution in [0.1, 0.15) is 36.2 Å². The first-order chi connectivity index (χ1) is 10.2. The van der Waals surface area contributed by atoms with E-state index in [4.69, 9.17) is 5.11 Å². The lowest BCUT2D eigenvalue weighted by atomic mass is 10.4. The molecule has 9 nitrogen and oxygen atoms in total. The standard InChI is InChI=1S/C12H17N5O4S/c1-8(2)17-7-14-15-11(17)6-16(3)22(20,21)9-4-10(12(18)19)13-5-9/h4-5,7-8,13H,6H2,1-3H3,(H,18,19). The van der Waals surface area contributed by atoms with Gasteiger partial charge in [0.05, 0.1) is 6.54 Å². The van der Waals surface area contributed by atoms with E-state index in [0.717, 1.165) is 16.6 Å². The zero-order valence-electron chi connectivity index (χ0n) is 12.4. The summed E-state index contributed by atoms with van der Waals surface area (Å²) in [5, 5.41) is 16.6. The molecule has 0 aliphatic rings. The lowest BCUT2D eigenvalue weighted by Crippen LogP contribution is -2.28. The van der Waals surface area contributed by atoms with Crippen LogP contribution >= 0.6 is 0 Å². The SMILES string of the molecule is CC(C)n1cnnc1CN(C)S(=O)(=O)c1c[nH]c(C(=O)O)c1. The van der Waals surface area contributed by atoms with Crippen LogP contribution in [0.4, 0.5) is 0 Å². The van der Waals surface area contributed by atoms with Crippen molar-refractivity contribution in [2.75, 3.05) is 7.05 Å². The number of aromatic carboxylic acids is 1. The van der Waals surface area contributed by atoms with Gasteiger partial charge in [0.2, 0.25) is 10.0 Å². The molecule has 120 valence electrons. The minimum Gasteiger partial charge on any atom is -0.477 e. The molecule has 0 bridgehead atoms. The number of carboxylic acids is 1. The second-order valence-corrected chi connectivity index (χ2v) is 7.11. The predicted molar refractivity (Wildman–Crippen MR) is 76.8 cm³/mol. The Morgan fingerprint density at radius 1 is 1.50 bits per heavy atom. The monoisotopic (exact) mass is 327 g/mol. The molecule has 2 heterocycles. The van der Waals surface area contributed by atoms with Gasteiger partial charge < -0.3 is 14.7 Å². The third kappa shape index (κ3) is 3.02. The van der Waals surface area contributed by atoms with Crippen molar-refractivity contribution in [3.63, 3.8) is 0 Å². The lowest BCUT2D eigenvalue weighted by Gasteiger charge is -2.17. The first-order valence-electron chi connectivity index (χ1n) is 6.50. The first kappa shape index (κ1) is 16.2. The smallest absolute Gasteiger partial charge is 0.352 e. The van der Waals surface area contributed by atoms with Crippen molar-refractivity contribution in [2.24, 2.45) is 0 Å². The summed E-state index contributed by atoms with van der Waals surface area (Å²) in [5.74, 6) is -0.710. The highest BCUT2D eigenvalue weighted by molar-refractivity contribution is 7.89. The van der Waals surface area contributed by atoms with Crippen molar-refractivity contribution in [2.45, 2.75) is 31.3 Å². The maximum atomic E-state index is 12.4. The topological polar surface area (TPSA) is 121 Å². The van der Waals surface area contributed by atoms with Crippen molar-refractivity contribution in [3.05, 3.63) is 30.1 Å². The van der Waals surface area contributed by atoms with Crippen LogP contribution in [0.3, 0.4) is 0 Å². The van der Waals surface area contributed by atoms with Crippen LogP contribution in [0.25, 0.3) is 0 Å². The molecule has 0 aliphatic heterocycles. The number of sulfonamides is 1. The van der Waals surface area contributed by atoms with E-state index in [1.165, 1.54) is 7.05 Å². The zero-order valence-corrected chi connectivity index (χ0v) is 13.2. The van der Waals surface area contributed by atoms with Gasteiger partial charge in [-0.2, -0.15) is 4.31 Å². The van der Waals surface area contributed by atoms with Crippen molar-refractivity contribution < 1.29 is 18.3 Å². The Morgan fingerprint density at radius 2 is 2.18 bits per heavy atom. The summed E-state index contributed by atoms with van der Waals surface area (Å²) < 4.78 is 27.7. The third-order valence-electron chi connectivity index (χ3n) is 3.16. The Hall–Kier alpha value is -2.20. The summed E-state index contributed by atoms with van der Waals surface area (Å²) in [6.45, 7) is 3.91. The van der Waals surface area contributed by atoms with Crippen molar-refractivity contribution in [3.8, 4) is 0 Å². The van der Waals surface area contributed by atoms with E-state index < -0.39 is 16.0 Å². The average Bonchev–Trinajstić information content (AvgIpc) is 3.07. The molecule has 2 N–H and O–H groups in total. The van der Waals surface area contributed by atoms with E-state index in [2.05, 4.69) is 15.2 Å². The van der Waals surface area contributed by atoms with Gasteiger partial charge in [-0.25, -0.2) is 13.2 Å². The molecular weight excluding hydrogens is 310 g/mol. The summed E-state index contributed by atoms with van der Waals surface area (Å²) in [7, 11) is -2.41. The molecule has 0 atom stereocenters. The van der Waals surface area contributed by atoms with Crippen LogP contribution in [-0.4, -0.2) is 50.6 Å². The Bertz CT molecular complexity index is 777. The highest BCUT2D eigenvalue weighted by Gasteiger charge is 2.25. The predicted octanol–water partition coefficient (Wildman–Crippen LogP) is 0.706. The number of rotatable bonds is 6. The first-order valence-corrected chi connectivity index (χ1v) is 7.94. The number of carbonyl (C=O) groups is 1. The number of carboxylic acid groups (broad SMARTS) is 1. The van der Waals surface area contributed by atoms with Gasteiger partial charge in [0.15, 0.2) is 0 Å². The highest BCUT2D eigenvalue weighted by atomic mass is 32.2. The summed E-state index contributed by atoms with van der Waals surface area (Å²) in [5.41, 5.74) is -0.183. The molecule has 0 unspecified atom stereocenters. The molecule has 0 spiro atoms. The second-order valence-electron chi connectivity index (χ2n) is 5.06. The largest absolute Gasteiger partial charge is 0.477 e. The average molecular weight is 327 g/mol. The van der Waals surface area contributed by atoms with Gasteiger partial charge in [0.1, 0.15) is 22.7 Å². The van der Waals surface area contributed by atoms with Gasteiger partial charge in [-0.3, -0.25) is 0 Å². The van der Waals surface area contributed by atoms with Gasteiger partial charge >= 0.3 is 5.97 Å². The molecule has 0 aromatic carbocycles. The number of aromatic nitrogens is 4. The Morgan fingerprint density at radius 3 is 2.73 bits per heavy atom. The molecule has 2 rings (SSSR count). The van der Waals surface area contributed by atoms with Crippen LogP contribution in [-0.2, 0) is 16.6 Å². The van der Waals surface area contributed by atoms with E-state index >= 15 is 0 Å². The van der Waals surface area contributed by atoms with Crippen molar-refractivity contribution in [1.82, 2.24) is 24.1 Å². The van der Waals surface area contributed by atoms with Gasteiger partial charge in [-0.15, -0.1) is 10.2 Å². The summed E-state index contributed by atoms with van der Waals surface area (Å²) in [6.07, 6.45) is 2.70. The van der Waals surface area contributed by atoms with Gasteiger partial charge in [0.25, 0.3) is 0 Å². The maximum absolute atomic E-state index is 12.4. The molecule has 22 heavy (non-hydrogen) atoms. The maximum Gasteiger partial charge on any atom is 0.352 e. The van der Waals surface area contributed by atoms with Crippen molar-refractivity contribution >= 4 is 16.0 Å². The van der Waals surface area contributed by atoms with Crippen LogP contribution in [0, 0.1) is 0 Å². The fourth-order valence-corrected chi connectivity index (χ4v) is 3.04. The third-order valence-corrected chi connectivity index (χ3v) is 4.94. The van der Waals surface area contributed by atoms with E-state index in [1.54, 1.807) is 10.9 Å². The molecule has 0 aliphatic carbocycles. The van der Waals surface area contributed by atoms with E-state index in [0.29, 0.717) is 5.82 Å². The quantitative estimate of drug-likeness (QED) is 0.806. The molecule has 0 radical (unpaired) electrons. The van der Waals surface area contributed by atoms with Crippen LogP contribution in [0.15, 0.2) is 23.5 Å². The van der Waals surface area contributed by atoms with Crippen LogP contribution < -0.4 is 0 Å². The zero-order chi connectivity index (χ0) is 16.5. The summed E-state index contributed by atoms with van der Waals surface area (Å²) in [6, 6.07) is 1.19. The van der Waals surface area contributed by atoms with Gasteiger partial charge in [0, 0.05) is 19.3 Å². The fourth-order valence-electron chi connectivity index (χ4n) is 1.92. The van der Waals surface area contributed by atoms with E-state index in [-0.39, 0.29) is 23.2 Å². The number of aromatic amines is 1. The molecule has 0 fully saturated rings. The molecule has 10 heteroatoms. The molecular formula is C12H17N5O4S. The number of hydrogen-bond acceptors (Lipinski definition) is 5. The highest BCUT2D eigenvalue weighted by Crippen LogP contribution is 2.18. The number of nitrogens with one attached hydrogen (secondary N) is 1. The van der Waals surface area contributed by atoms with Gasteiger partial charge in [-0.05, 0) is 19.9 Å². The van der Waals surface area contributed by atoms with Crippen LogP contribution in [0.5, 0.6) is 0 Å². The molecule has 0 amide bonds. The summed E-state index contributed by atoms with van der Waals surface area (Å²) in [4.78, 5) is 13.1. The summed E-state index contributed by atoms with van der Waals surface area (Å²) >= 11 is 0. The van der Waals surface area contributed by atoms with E-state index in [1.807, 2.05) is 13.8 Å². The molecule has 0 saturated carbocycles. The molecule has 2 aromatic rings. The lowest BCUT2D eigenvalue weighted by molar-refractivity contribution is 0.0691. The fraction of sp³-hybridized carbons (Fsp3) is 0.417. The second kappa shape index (κ2) is 5.89.